The van der Waals surface area contributed by atoms with Crippen molar-refractivity contribution in [2.75, 3.05) is 18.1 Å². The van der Waals surface area contributed by atoms with Gasteiger partial charge in [0.15, 0.2) is 6.61 Å². The summed E-state index contributed by atoms with van der Waals surface area (Å²) in [7, 11) is 0. The molecule has 174 valence electrons. The van der Waals surface area contributed by atoms with Crippen LogP contribution in [-0.4, -0.2) is 36.0 Å². The molecule has 0 saturated carbocycles. The molecule has 1 atom stereocenters. The Balaban J connectivity index is 2.08. The van der Waals surface area contributed by atoms with Gasteiger partial charge in [-0.15, -0.1) is 0 Å². The van der Waals surface area contributed by atoms with Gasteiger partial charge in [-0.3, -0.25) is 14.5 Å². The molecule has 1 heterocycles. The molecule has 1 unspecified atom stereocenters. The number of nitrogens with zero attached hydrogens (tertiary/aromatic N) is 3. The van der Waals surface area contributed by atoms with E-state index < -0.39 is 40.7 Å². The first-order chi connectivity index (χ1) is 16.0. The highest BCUT2D eigenvalue weighted by molar-refractivity contribution is 6.23. The number of halogens is 3. The molecule has 0 N–H and O–H groups in total. The summed E-state index contributed by atoms with van der Waals surface area (Å²) in [6.45, 7) is 2.21. The molecule has 34 heavy (non-hydrogen) atoms. The third kappa shape index (κ3) is 4.44. The van der Waals surface area contributed by atoms with Gasteiger partial charge < -0.3 is 4.74 Å². The van der Waals surface area contributed by atoms with Crippen LogP contribution in [0.4, 0.5) is 23.7 Å². The maximum Gasteiger partial charge on any atom is 0.417 e. The van der Waals surface area contributed by atoms with Gasteiger partial charge in [-0.05, 0) is 30.7 Å². The van der Waals surface area contributed by atoms with E-state index in [0.29, 0.717) is 16.5 Å². The van der Waals surface area contributed by atoms with Crippen molar-refractivity contribution >= 4 is 23.6 Å². The molecular weight excluding hydrogens is 451 g/mol. The topological polar surface area (TPSA) is 90.7 Å². The number of ether oxygens (including phenoxy) is 1. The summed E-state index contributed by atoms with van der Waals surface area (Å²) in [5, 5.41) is 9.04. The van der Waals surface area contributed by atoms with Crippen molar-refractivity contribution in [1.82, 2.24) is 4.90 Å². The van der Waals surface area contributed by atoms with Gasteiger partial charge in [-0.1, -0.05) is 42.2 Å². The number of rotatable bonds is 4. The van der Waals surface area contributed by atoms with E-state index in [0.717, 1.165) is 17.0 Å². The van der Waals surface area contributed by atoms with Crippen molar-refractivity contribution in [3.8, 4) is 17.9 Å². The number of esters is 1. The molecule has 0 radical (unpaired) electrons. The average molecular weight is 469 g/mol. The van der Waals surface area contributed by atoms with Crippen molar-refractivity contribution in [2.24, 2.45) is 0 Å². The predicted molar refractivity (Wildman–Crippen MR) is 114 cm³/mol. The van der Waals surface area contributed by atoms with Gasteiger partial charge in [-0.2, -0.15) is 18.4 Å². The van der Waals surface area contributed by atoms with E-state index in [-0.39, 0.29) is 18.8 Å². The monoisotopic (exact) mass is 469 g/mol. The zero-order valence-corrected chi connectivity index (χ0v) is 18.1. The Bertz CT molecular complexity index is 1240. The van der Waals surface area contributed by atoms with Crippen molar-refractivity contribution < 1.29 is 32.3 Å². The first-order valence-corrected chi connectivity index (χ1v) is 9.94. The highest BCUT2D eigenvalue weighted by Crippen LogP contribution is 2.41. The molecule has 3 amide bonds. The fourth-order valence-electron chi connectivity index (χ4n) is 3.55. The first-order valence-electron chi connectivity index (χ1n) is 9.94. The summed E-state index contributed by atoms with van der Waals surface area (Å²) in [6.07, 6.45) is -4.86. The second-order valence-corrected chi connectivity index (χ2v) is 7.42. The van der Waals surface area contributed by atoms with E-state index in [2.05, 4.69) is 11.8 Å². The van der Waals surface area contributed by atoms with Crippen LogP contribution in [0.1, 0.15) is 30.5 Å². The zero-order valence-electron chi connectivity index (χ0n) is 18.1. The Morgan fingerprint density at radius 1 is 1.12 bits per heavy atom. The molecule has 1 fully saturated rings. The molecule has 0 spiro atoms. The third-order valence-electron chi connectivity index (χ3n) is 5.31. The summed E-state index contributed by atoms with van der Waals surface area (Å²) >= 11 is 0. The number of hydrogen-bond donors (Lipinski definition) is 0. The molecule has 3 rings (SSSR count). The smallest absolute Gasteiger partial charge is 0.417 e. The lowest BCUT2D eigenvalue weighted by molar-refractivity contribution is -0.139. The normalized spacial score (nSPS) is 17.8. The minimum absolute atomic E-state index is 0.221. The quantitative estimate of drug-likeness (QED) is 0.386. The van der Waals surface area contributed by atoms with Crippen LogP contribution in [0.3, 0.4) is 0 Å². The lowest BCUT2D eigenvalue weighted by atomic mass is 9.90. The standard InChI is InChI=1S/C24H18F3N3O4/c1-16(31)34-13-7-6-12-29-22(33)30(21(32)23(29,2)18-8-4-3-5-9-18)19-11-10-17(15-28)20(14-19)24(25,26)27/h3-5,8-11,14H,12-13H2,1-2H3. The molecule has 1 saturated heterocycles. The minimum atomic E-state index is -4.86. The van der Waals surface area contributed by atoms with Gasteiger partial charge in [0.2, 0.25) is 0 Å². The lowest BCUT2D eigenvalue weighted by Gasteiger charge is -2.30. The van der Waals surface area contributed by atoms with E-state index in [1.54, 1.807) is 30.3 Å². The Hall–Kier alpha value is -4.31. The van der Waals surface area contributed by atoms with E-state index in [4.69, 9.17) is 10.00 Å². The van der Waals surface area contributed by atoms with E-state index in [1.165, 1.54) is 19.9 Å². The number of alkyl halides is 3. The number of urea groups is 1. The molecule has 2 aromatic carbocycles. The van der Waals surface area contributed by atoms with Crippen LogP contribution in [0, 0.1) is 23.2 Å². The first kappa shape index (κ1) is 24.3. The molecule has 1 aliphatic heterocycles. The van der Waals surface area contributed by atoms with Crippen LogP contribution in [0.5, 0.6) is 0 Å². The van der Waals surface area contributed by atoms with Gasteiger partial charge in [0.1, 0.15) is 5.54 Å². The number of carbonyl (C=O) groups excluding carboxylic acids is 3. The SMILES string of the molecule is CC(=O)OCC#CCN1C(=O)N(c2ccc(C#N)c(C(F)(F)F)c2)C(=O)C1(C)c1ccccc1. The Morgan fingerprint density at radius 3 is 2.38 bits per heavy atom. The minimum Gasteiger partial charge on any atom is -0.453 e. The summed E-state index contributed by atoms with van der Waals surface area (Å²) in [6, 6.07) is 11.5. The van der Waals surface area contributed by atoms with Gasteiger partial charge in [0.25, 0.3) is 5.91 Å². The second-order valence-electron chi connectivity index (χ2n) is 7.42. The van der Waals surface area contributed by atoms with Crippen LogP contribution in [-0.2, 0) is 26.0 Å². The van der Waals surface area contributed by atoms with E-state index in [9.17, 15) is 27.6 Å². The summed E-state index contributed by atoms with van der Waals surface area (Å²) in [5.41, 5.74) is -3.34. The van der Waals surface area contributed by atoms with E-state index >= 15 is 0 Å². The number of imide groups is 1. The molecule has 0 aromatic heterocycles. The van der Waals surface area contributed by atoms with E-state index in [1.807, 2.05) is 0 Å². The number of benzene rings is 2. The number of anilines is 1. The van der Waals surface area contributed by atoms with Crippen LogP contribution in [0.15, 0.2) is 48.5 Å². The Morgan fingerprint density at radius 2 is 1.79 bits per heavy atom. The molecule has 2 aromatic rings. The van der Waals surface area contributed by atoms with Crippen LogP contribution < -0.4 is 4.90 Å². The van der Waals surface area contributed by atoms with Gasteiger partial charge in [-0.25, -0.2) is 9.69 Å². The Labute approximate surface area is 193 Å². The highest BCUT2D eigenvalue weighted by atomic mass is 19.4. The molecule has 7 nitrogen and oxygen atoms in total. The molecular formula is C24H18F3N3O4. The zero-order chi connectivity index (χ0) is 25.1. The van der Waals surface area contributed by atoms with Crippen molar-refractivity contribution in [1.29, 1.82) is 5.26 Å². The fraction of sp³-hybridized carbons (Fsp3) is 0.250. The number of nitriles is 1. The molecule has 1 aliphatic rings. The maximum absolute atomic E-state index is 13.5. The van der Waals surface area contributed by atoms with Crippen molar-refractivity contribution in [3.05, 3.63) is 65.2 Å². The molecule has 0 bridgehead atoms. The summed E-state index contributed by atoms with van der Waals surface area (Å²) in [4.78, 5) is 39.5. The van der Waals surface area contributed by atoms with Crippen molar-refractivity contribution in [2.45, 2.75) is 25.6 Å². The van der Waals surface area contributed by atoms with Gasteiger partial charge >= 0.3 is 18.2 Å². The van der Waals surface area contributed by atoms with Gasteiger partial charge in [0.05, 0.1) is 29.4 Å². The fourth-order valence-corrected chi connectivity index (χ4v) is 3.55. The van der Waals surface area contributed by atoms with Crippen molar-refractivity contribution in [3.63, 3.8) is 0 Å². The number of hydrogen-bond acceptors (Lipinski definition) is 5. The number of carbonyl (C=O) groups is 3. The average Bonchev–Trinajstić information content (AvgIpc) is 2.99. The van der Waals surface area contributed by atoms with Crippen LogP contribution >= 0.6 is 0 Å². The second kappa shape index (κ2) is 9.28. The molecule has 0 aliphatic carbocycles. The lowest BCUT2D eigenvalue weighted by Crippen LogP contribution is -2.44. The highest BCUT2D eigenvalue weighted by Gasteiger charge is 2.55. The van der Waals surface area contributed by atoms with Gasteiger partial charge in [0, 0.05) is 6.92 Å². The number of amides is 3. The summed E-state index contributed by atoms with van der Waals surface area (Å²) in [5.74, 6) is 3.91. The van der Waals surface area contributed by atoms with Crippen LogP contribution in [0.2, 0.25) is 0 Å². The largest absolute Gasteiger partial charge is 0.453 e. The summed E-state index contributed by atoms with van der Waals surface area (Å²) < 4.78 is 45.2. The predicted octanol–water partition coefficient (Wildman–Crippen LogP) is 3.83. The third-order valence-corrected chi connectivity index (χ3v) is 5.31. The van der Waals surface area contributed by atoms with Crippen LogP contribution in [0.25, 0.3) is 0 Å². The maximum atomic E-state index is 13.5. The molecule has 10 heteroatoms. The Kier molecular flexibility index (Phi) is 6.64.